The Morgan fingerprint density at radius 2 is 1.78 bits per heavy atom. The van der Waals surface area contributed by atoms with E-state index in [1.807, 2.05) is 67.6 Å². The first-order chi connectivity index (χ1) is 17.5. The van der Waals surface area contributed by atoms with Crippen LogP contribution in [-0.4, -0.2) is 19.5 Å². The zero-order chi connectivity index (χ0) is 25.2. The average molecular weight is 494 g/mol. The molecule has 2 aromatic heterocycles. The summed E-state index contributed by atoms with van der Waals surface area (Å²) in [6.07, 6.45) is 1.36. The van der Waals surface area contributed by atoms with Gasteiger partial charge in [0, 0.05) is 5.02 Å². The third kappa shape index (κ3) is 4.24. The highest BCUT2D eigenvalue weighted by Gasteiger charge is 2.21. The Hall–Kier alpha value is -4.74. The van der Waals surface area contributed by atoms with Crippen molar-refractivity contribution in [3.8, 4) is 22.9 Å². The van der Waals surface area contributed by atoms with Crippen molar-refractivity contribution in [3.05, 3.63) is 106 Å². The molecule has 0 bridgehead atoms. The van der Waals surface area contributed by atoms with Crippen LogP contribution in [-0.2, 0) is 0 Å². The van der Waals surface area contributed by atoms with Gasteiger partial charge < -0.3 is 11.1 Å². The van der Waals surface area contributed by atoms with Crippen molar-refractivity contribution < 1.29 is 0 Å². The van der Waals surface area contributed by atoms with Crippen molar-refractivity contribution in [2.24, 2.45) is 0 Å². The van der Waals surface area contributed by atoms with Gasteiger partial charge in [-0.2, -0.15) is 10.2 Å². The van der Waals surface area contributed by atoms with Crippen molar-refractivity contribution in [2.75, 3.05) is 11.1 Å². The molecule has 5 aromatic rings. The van der Waals surface area contributed by atoms with Crippen LogP contribution in [0.1, 0.15) is 24.4 Å². The molecule has 0 saturated carbocycles. The van der Waals surface area contributed by atoms with Gasteiger partial charge in [0.1, 0.15) is 23.3 Å². The average Bonchev–Trinajstić information content (AvgIpc) is 2.89. The summed E-state index contributed by atoms with van der Waals surface area (Å²) in [5.74, 6) is 0.748. The van der Waals surface area contributed by atoms with Crippen molar-refractivity contribution in [3.63, 3.8) is 0 Å². The molecule has 3 N–H and O–H groups in total. The minimum Gasteiger partial charge on any atom is -0.368 e. The highest BCUT2D eigenvalue weighted by molar-refractivity contribution is 6.30. The van der Waals surface area contributed by atoms with Crippen LogP contribution >= 0.6 is 11.6 Å². The molecule has 3 aromatic carbocycles. The summed E-state index contributed by atoms with van der Waals surface area (Å²) in [6.45, 7) is 1.84. The van der Waals surface area contributed by atoms with Gasteiger partial charge >= 0.3 is 0 Å². The van der Waals surface area contributed by atoms with E-state index >= 15 is 0 Å². The maximum atomic E-state index is 14.1. The standard InChI is InChI=1S/C27H20ClN7O/c1-16(32-24-18(14-29)15-31-27(30)34-24)25-33-22-9-5-8-21(17-10-12-19(28)13-11-17)23(22)26(36)35(25)20-6-3-2-4-7-20/h2-13,15-16H,1H3,(H3,30,31,32,34). The fourth-order valence-corrected chi connectivity index (χ4v) is 4.22. The summed E-state index contributed by atoms with van der Waals surface area (Å²) in [6, 6.07) is 23.8. The van der Waals surface area contributed by atoms with Gasteiger partial charge in [-0.1, -0.05) is 54.1 Å². The lowest BCUT2D eigenvalue weighted by Crippen LogP contribution is -2.28. The van der Waals surface area contributed by atoms with Crippen LogP contribution in [0.25, 0.3) is 27.7 Å². The van der Waals surface area contributed by atoms with Gasteiger partial charge in [-0.15, -0.1) is 0 Å². The number of benzene rings is 3. The number of anilines is 2. The van der Waals surface area contributed by atoms with Gasteiger partial charge in [-0.3, -0.25) is 9.36 Å². The molecular weight excluding hydrogens is 474 g/mol. The number of nitrogens with one attached hydrogen (secondary N) is 1. The quantitative estimate of drug-likeness (QED) is 0.348. The molecule has 1 unspecified atom stereocenters. The highest BCUT2D eigenvalue weighted by atomic mass is 35.5. The van der Waals surface area contributed by atoms with Gasteiger partial charge in [0.15, 0.2) is 0 Å². The summed E-state index contributed by atoms with van der Waals surface area (Å²) in [7, 11) is 0. The maximum Gasteiger partial charge on any atom is 0.266 e. The highest BCUT2D eigenvalue weighted by Crippen LogP contribution is 2.29. The molecular formula is C27H20ClN7O. The van der Waals surface area contributed by atoms with Gasteiger partial charge in [0.25, 0.3) is 5.56 Å². The molecule has 0 aliphatic rings. The van der Waals surface area contributed by atoms with E-state index in [0.717, 1.165) is 11.1 Å². The number of rotatable bonds is 5. The van der Waals surface area contributed by atoms with Crippen molar-refractivity contribution in [2.45, 2.75) is 13.0 Å². The second-order valence-corrected chi connectivity index (χ2v) is 8.56. The number of nitrogen functional groups attached to an aromatic ring is 1. The number of hydrogen-bond acceptors (Lipinski definition) is 7. The molecule has 0 amide bonds. The fourth-order valence-electron chi connectivity index (χ4n) is 4.09. The van der Waals surface area contributed by atoms with E-state index in [1.54, 1.807) is 16.7 Å². The van der Waals surface area contributed by atoms with Crippen LogP contribution in [0.2, 0.25) is 5.02 Å². The molecule has 0 saturated heterocycles. The number of fused-ring (bicyclic) bond motifs is 1. The van der Waals surface area contributed by atoms with Crippen LogP contribution in [0.3, 0.4) is 0 Å². The molecule has 176 valence electrons. The number of hydrogen-bond donors (Lipinski definition) is 2. The van der Waals surface area contributed by atoms with Crippen LogP contribution in [0, 0.1) is 11.3 Å². The van der Waals surface area contributed by atoms with Crippen LogP contribution < -0.4 is 16.6 Å². The predicted octanol–water partition coefficient (Wildman–Crippen LogP) is 5.12. The zero-order valence-electron chi connectivity index (χ0n) is 19.2. The molecule has 0 spiro atoms. The topological polar surface area (TPSA) is 123 Å². The van der Waals surface area contributed by atoms with E-state index in [2.05, 4.69) is 21.4 Å². The molecule has 9 heteroatoms. The smallest absolute Gasteiger partial charge is 0.266 e. The normalized spacial score (nSPS) is 11.7. The third-order valence-corrected chi connectivity index (χ3v) is 6.01. The van der Waals surface area contributed by atoms with E-state index in [4.69, 9.17) is 22.3 Å². The number of nitrogens with zero attached hydrogens (tertiary/aromatic N) is 5. The van der Waals surface area contributed by atoms with E-state index in [-0.39, 0.29) is 22.9 Å². The Morgan fingerprint density at radius 1 is 1.03 bits per heavy atom. The number of halogens is 1. The second-order valence-electron chi connectivity index (χ2n) is 8.12. The predicted molar refractivity (Wildman–Crippen MR) is 141 cm³/mol. The zero-order valence-corrected chi connectivity index (χ0v) is 19.9. The molecule has 0 fully saturated rings. The molecule has 36 heavy (non-hydrogen) atoms. The van der Waals surface area contributed by atoms with Crippen LogP contribution in [0.4, 0.5) is 11.8 Å². The lowest BCUT2D eigenvalue weighted by Gasteiger charge is -2.21. The molecule has 2 heterocycles. The Kier molecular flexibility index (Phi) is 6.07. The van der Waals surface area contributed by atoms with E-state index in [0.29, 0.717) is 27.4 Å². The monoisotopic (exact) mass is 493 g/mol. The van der Waals surface area contributed by atoms with Gasteiger partial charge in [0.05, 0.1) is 28.8 Å². The first-order valence-electron chi connectivity index (χ1n) is 11.1. The molecule has 1 atom stereocenters. The first-order valence-corrected chi connectivity index (χ1v) is 11.5. The van der Waals surface area contributed by atoms with E-state index in [1.165, 1.54) is 6.20 Å². The van der Waals surface area contributed by atoms with Gasteiger partial charge in [0.2, 0.25) is 5.95 Å². The fraction of sp³-hybridized carbons (Fsp3) is 0.0741. The number of para-hydroxylation sites is 1. The summed E-state index contributed by atoms with van der Waals surface area (Å²) in [5.41, 5.74) is 8.58. The Balaban J connectivity index is 1.74. The molecule has 8 nitrogen and oxygen atoms in total. The summed E-state index contributed by atoms with van der Waals surface area (Å²) in [4.78, 5) is 27.1. The van der Waals surface area contributed by atoms with Crippen molar-refractivity contribution in [1.82, 2.24) is 19.5 Å². The minimum atomic E-state index is -0.511. The number of nitrogens with two attached hydrogens (primary N) is 1. The molecule has 0 aliphatic carbocycles. The first kappa shape index (κ1) is 23.0. The molecule has 0 aliphatic heterocycles. The Morgan fingerprint density at radius 3 is 2.50 bits per heavy atom. The lowest BCUT2D eigenvalue weighted by molar-refractivity contribution is 0.731. The van der Waals surface area contributed by atoms with Gasteiger partial charge in [-0.25, -0.2) is 9.97 Å². The Labute approximate surface area is 211 Å². The van der Waals surface area contributed by atoms with E-state index < -0.39 is 6.04 Å². The van der Waals surface area contributed by atoms with Crippen molar-refractivity contribution in [1.29, 1.82) is 5.26 Å². The minimum absolute atomic E-state index is 0.0308. The Bertz CT molecular complexity index is 1680. The summed E-state index contributed by atoms with van der Waals surface area (Å²) >= 11 is 6.09. The van der Waals surface area contributed by atoms with Crippen LogP contribution in [0.15, 0.2) is 83.8 Å². The van der Waals surface area contributed by atoms with Gasteiger partial charge in [-0.05, 0) is 48.4 Å². The second kappa shape index (κ2) is 9.49. The number of nitriles is 1. The number of aromatic nitrogens is 4. The summed E-state index contributed by atoms with van der Waals surface area (Å²) < 4.78 is 1.58. The largest absolute Gasteiger partial charge is 0.368 e. The van der Waals surface area contributed by atoms with Crippen molar-refractivity contribution >= 4 is 34.3 Å². The van der Waals surface area contributed by atoms with E-state index in [9.17, 15) is 10.1 Å². The lowest BCUT2D eigenvalue weighted by atomic mass is 10.0. The maximum absolute atomic E-state index is 14.1. The summed E-state index contributed by atoms with van der Waals surface area (Å²) in [5, 5.41) is 13.8. The molecule has 5 rings (SSSR count). The molecule has 0 radical (unpaired) electrons. The SMILES string of the molecule is CC(Nc1nc(N)ncc1C#N)c1nc2cccc(-c3ccc(Cl)cc3)c2c(=O)n1-c1ccccc1. The third-order valence-electron chi connectivity index (χ3n) is 5.76. The van der Waals surface area contributed by atoms with Crippen LogP contribution in [0.5, 0.6) is 0 Å².